The zero-order chi connectivity index (χ0) is 39.3. The first-order valence-corrected chi connectivity index (χ1v) is 19.1. The number of carbonyl (C=O) groups excluding carboxylic acids is 2. The van der Waals surface area contributed by atoms with Crippen molar-refractivity contribution in [2.45, 2.75) is 19.5 Å². The van der Waals surface area contributed by atoms with Gasteiger partial charge in [0.25, 0.3) is 11.8 Å². The average molecular weight is 821 g/mol. The normalized spacial score (nSPS) is 11.5. The quantitative estimate of drug-likeness (QED) is 0.142. The topological polar surface area (TPSA) is 107 Å². The highest BCUT2D eigenvalue weighted by Gasteiger charge is 2.18. The molecule has 3 N–H and O–H groups in total. The Balaban J connectivity index is 0.000000172. The van der Waals surface area contributed by atoms with Crippen LogP contribution in [0, 0.1) is 0 Å². The first-order valence-electron chi connectivity index (χ1n) is 17.6. The van der Waals surface area contributed by atoms with E-state index in [9.17, 15) is 9.59 Å². The van der Waals surface area contributed by atoms with Crippen LogP contribution in [0.3, 0.4) is 0 Å². The fraction of sp³-hybridized carbons (Fsp3) is 0.0909. The fourth-order valence-corrected chi connectivity index (χ4v) is 7.39. The molecule has 0 spiro atoms. The molecular weight excluding hydrogens is 786 g/mol. The zero-order valence-corrected chi connectivity index (χ0v) is 33.2. The Morgan fingerprint density at radius 1 is 0.625 bits per heavy atom. The molecule has 0 bridgehead atoms. The number of aromatic amines is 2. The number of nitrogens with one attached hydrogen (secondary N) is 3. The molecule has 6 aromatic carbocycles. The highest BCUT2D eigenvalue weighted by Crippen LogP contribution is 2.35. The van der Waals surface area contributed by atoms with Gasteiger partial charge in [-0.05, 0) is 78.7 Å². The molecule has 0 saturated carbocycles. The Bertz CT molecular complexity index is 2640. The molecule has 2 heterocycles. The molecule has 8 nitrogen and oxygen atoms in total. The Kier molecular flexibility index (Phi) is 11.7. The third-order valence-corrected chi connectivity index (χ3v) is 10.4. The number of nitrogens with zero attached hydrogens (tertiary/aromatic N) is 3. The molecule has 8 aromatic rings. The van der Waals surface area contributed by atoms with Gasteiger partial charge >= 0.3 is 0 Å². The minimum atomic E-state index is -0.148. The second kappa shape index (κ2) is 17.0. The number of halogens is 4. The first-order chi connectivity index (χ1) is 27.0. The molecule has 2 aromatic heterocycles. The van der Waals surface area contributed by atoms with E-state index < -0.39 is 0 Å². The lowest BCUT2D eigenvalue weighted by atomic mass is 10.1. The van der Waals surface area contributed by atoms with Crippen molar-refractivity contribution >= 4 is 80.3 Å². The minimum Gasteiger partial charge on any atom is -0.346 e. The smallest absolute Gasteiger partial charge is 0.253 e. The van der Waals surface area contributed by atoms with E-state index in [-0.39, 0.29) is 17.9 Å². The molecule has 0 saturated heterocycles. The summed E-state index contributed by atoms with van der Waals surface area (Å²) in [6.07, 6.45) is 0. The number of amides is 2. The number of hydrogen-bond acceptors (Lipinski definition) is 4. The highest BCUT2D eigenvalue weighted by atomic mass is 35.5. The first kappa shape index (κ1) is 38.6. The lowest BCUT2D eigenvalue weighted by Crippen LogP contribution is -2.26. The summed E-state index contributed by atoms with van der Waals surface area (Å²) in [5.41, 5.74) is 7.54. The Labute approximate surface area is 343 Å². The van der Waals surface area contributed by atoms with Gasteiger partial charge in [-0.15, -0.1) is 0 Å². The molecule has 0 aliphatic carbocycles. The highest BCUT2D eigenvalue weighted by molar-refractivity contribution is 6.39. The van der Waals surface area contributed by atoms with Gasteiger partial charge in [0, 0.05) is 24.7 Å². The maximum atomic E-state index is 12.8. The van der Waals surface area contributed by atoms with E-state index in [1.807, 2.05) is 79.7 Å². The third kappa shape index (κ3) is 8.59. The van der Waals surface area contributed by atoms with Gasteiger partial charge < -0.3 is 20.2 Å². The van der Waals surface area contributed by atoms with Gasteiger partial charge in [-0.2, -0.15) is 0 Å². The number of fused-ring (bicyclic) bond motifs is 2. The molecule has 0 fully saturated rings. The van der Waals surface area contributed by atoms with Crippen LogP contribution in [0.25, 0.3) is 44.8 Å². The fourth-order valence-electron chi connectivity index (χ4n) is 6.23. The van der Waals surface area contributed by atoms with E-state index in [0.29, 0.717) is 60.5 Å². The molecule has 2 amide bonds. The maximum absolute atomic E-state index is 12.8. The van der Waals surface area contributed by atoms with E-state index in [0.717, 1.165) is 33.2 Å². The van der Waals surface area contributed by atoms with Crippen molar-refractivity contribution in [2.24, 2.45) is 0 Å². The van der Waals surface area contributed by atoms with Crippen LogP contribution in [0.1, 0.15) is 44.8 Å². The number of rotatable bonds is 8. The van der Waals surface area contributed by atoms with Gasteiger partial charge in [-0.1, -0.05) is 119 Å². The standard InChI is InChI=1S/2C22H17Cl2N3O/c1-27(13-14-6-3-2-4-7-14)22(28)15-10-11-18-19(12-15)26-21(25-18)20-16(23)8-5-9-17(20)24;1-13(14-6-3-2-4-7-14)25-22(28)15-10-11-18-19(12-15)27-21(26-18)20-16(23)8-5-9-17(20)24/h2-12H,13H2,1H3,(H,25,26);2-13H,1H3,(H,25,28)(H,26,27)/t;13-/m.1/s1. The third-order valence-electron chi connectivity index (χ3n) is 9.13. The lowest BCUT2D eigenvalue weighted by Gasteiger charge is -2.17. The number of aromatic nitrogens is 4. The van der Waals surface area contributed by atoms with Crippen LogP contribution < -0.4 is 5.32 Å². The molecule has 12 heteroatoms. The summed E-state index contributed by atoms with van der Waals surface area (Å²) in [5.74, 6) is 0.941. The van der Waals surface area contributed by atoms with Crippen molar-refractivity contribution < 1.29 is 9.59 Å². The summed E-state index contributed by atoms with van der Waals surface area (Å²) in [7, 11) is 1.79. The Morgan fingerprint density at radius 2 is 1.09 bits per heavy atom. The van der Waals surface area contributed by atoms with Crippen LogP contribution in [0.2, 0.25) is 20.1 Å². The van der Waals surface area contributed by atoms with Crippen LogP contribution in [-0.4, -0.2) is 43.7 Å². The van der Waals surface area contributed by atoms with Gasteiger partial charge in [0.1, 0.15) is 11.6 Å². The van der Waals surface area contributed by atoms with E-state index in [1.165, 1.54) is 0 Å². The molecule has 8 rings (SSSR count). The minimum absolute atomic E-state index is 0.0577. The Hall–Kier alpha value is -5.64. The van der Waals surface area contributed by atoms with Crippen LogP contribution in [0.15, 0.2) is 133 Å². The number of carbonyl (C=O) groups is 2. The van der Waals surface area contributed by atoms with Crippen molar-refractivity contribution in [3.8, 4) is 22.8 Å². The molecule has 0 radical (unpaired) electrons. The van der Waals surface area contributed by atoms with E-state index in [4.69, 9.17) is 46.4 Å². The van der Waals surface area contributed by atoms with Gasteiger partial charge in [0.15, 0.2) is 0 Å². The summed E-state index contributed by atoms with van der Waals surface area (Å²) in [4.78, 5) is 42.8. The van der Waals surface area contributed by atoms with Crippen molar-refractivity contribution in [2.75, 3.05) is 7.05 Å². The number of benzene rings is 6. The van der Waals surface area contributed by atoms with Crippen molar-refractivity contribution in [1.82, 2.24) is 30.2 Å². The van der Waals surface area contributed by atoms with Gasteiger partial charge in [-0.25, -0.2) is 9.97 Å². The van der Waals surface area contributed by atoms with Crippen LogP contribution >= 0.6 is 46.4 Å². The lowest BCUT2D eigenvalue weighted by molar-refractivity contribution is 0.0785. The largest absolute Gasteiger partial charge is 0.346 e. The number of H-pyrrole nitrogens is 2. The van der Waals surface area contributed by atoms with Crippen molar-refractivity contribution in [3.63, 3.8) is 0 Å². The molecule has 0 unspecified atom stereocenters. The summed E-state index contributed by atoms with van der Waals surface area (Å²) in [5, 5.41) is 5.09. The predicted molar refractivity (Wildman–Crippen MR) is 228 cm³/mol. The van der Waals surface area contributed by atoms with Crippen molar-refractivity contribution in [1.29, 1.82) is 0 Å². The Morgan fingerprint density at radius 3 is 1.61 bits per heavy atom. The van der Waals surface area contributed by atoms with Crippen LogP contribution in [-0.2, 0) is 6.54 Å². The maximum Gasteiger partial charge on any atom is 0.253 e. The molecule has 0 aliphatic rings. The zero-order valence-electron chi connectivity index (χ0n) is 30.2. The molecule has 0 aliphatic heterocycles. The van der Waals surface area contributed by atoms with E-state index >= 15 is 0 Å². The second-order valence-electron chi connectivity index (χ2n) is 13.1. The summed E-state index contributed by atoms with van der Waals surface area (Å²) < 4.78 is 0. The van der Waals surface area contributed by atoms with Gasteiger partial charge in [0.05, 0.1) is 59.3 Å². The monoisotopic (exact) mass is 818 g/mol. The van der Waals surface area contributed by atoms with Crippen LogP contribution in [0.4, 0.5) is 0 Å². The van der Waals surface area contributed by atoms with E-state index in [2.05, 4.69) is 25.3 Å². The van der Waals surface area contributed by atoms with Gasteiger partial charge in [-0.3, -0.25) is 9.59 Å². The summed E-state index contributed by atoms with van der Waals surface area (Å²) >= 11 is 25.1. The molecule has 1 atom stereocenters. The van der Waals surface area contributed by atoms with Crippen LogP contribution in [0.5, 0.6) is 0 Å². The predicted octanol–water partition coefficient (Wildman–Crippen LogP) is 11.8. The second-order valence-corrected chi connectivity index (χ2v) is 14.7. The average Bonchev–Trinajstić information content (AvgIpc) is 3.82. The number of imidazole rings is 2. The SMILES string of the molecule is CN(Cc1ccccc1)C(=O)c1ccc2nc(-c3c(Cl)cccc3Cl)[nH]c2c1.C[C@@H](NC(=O)c1ccc2nc(-c3c(Cl)cccc3Cl)[nH]c2c1)c1ccccc1. The summed E-state index contributed by atoms with van der Waals surface area (Å²) in [6.45, 7) is 2.50. The van der Waals surface area contributed by atoms with Gasteiger partial charge in [0.2, 0.25) is 0 Å². The molecule has 56 heavy (non-hydrogen) atoms. The molecule has 280 valence electrons. The summed E-state index contributed by atoms with van der Waals surface area (Å²) in [6, 6.07) is 41.0. The van der Waals surface area contributed by atoms with E-state index in [1.54, 1.807) is 72.6 Å². The van der Waals surface area contributed by atoms with Crippen molar-refractivity contribution in [3.05, 3.63) is 176 Å². The number of hydrogen-bond donors (Lipinski definition) is 3. The molecular formula is C44H34Cl4N6O2.